The van der Waals surface area contributed by atoms with Crippen molar-refractivity contribution in [3.05, 3.63) is 0 Å². The molecule has 1 rings (SSSR count). The van der Waals surface area contributed by atoms with E-state index in [1.807, 2.05) is 4.90 Å². The van der Waals surface area contributed by atoms with Gasteiger partial charge in [-0.1, -0.05) is 20.3 Å². The molecule has 0 aliphatic heterocycles. The van der Waals surface area contributed by atoms with E-state index in [1.54, 1.807) is 0 Å². The zero-order valence-corrected chi connectivity index (χ0v) is 10.7. The number of carbonyl (C=O) groups is 1. The SMILES string of the molecule is CCCC(N)CC(=O)N(CCC)CC1CC1. The van der Waals surface area contributed by atoms with Crippen LogP contribution >= 0.6 is 0 Å². The van der Waals surface area contributed by atoms with Gasteiger partial charge >= 0.3 is 0 Å². The molecule has 0 bridgehead atoms. The van der Waals surface area contributed by atoms with Gasteiger partial charge in [0.25, 0.3) is 0 Å². The predicted octanol–water partition coefficient (Wildman–Crippen LogP) is 2.15. The van der Waals surface area contributed by atoms with Crippen molar-refractivity contribution >= 4 is 5.91 Å². The van der Waals surface area contributed by atoms with Crippen LogP contribution in [0.1, 0.15) is 52.4 Å². The fraction of sp³-hybridized carbons (Fsp3) is 0.923. The number of carbonyl (C=O) groups excluding carboxylic acids is 1. The highest BCUT2D eigenvalue weighted by Gasteiger charge is 2.26. The van der Waals surface area contributed by atoms with Crippen LogP contribution < -0.4 is 5.73 Å². The Bertz CT molecular complexity index is 214. The zero-order chi connectivity index (χ0) is 12.0. The zero-order valence-electron chi connectivity index (χ0n) is 10.7. The third-order valence-corrected chi connectivity index (χ3v) is 3.12. The van der Waals surface area contributed by atoms with Gasteiger partial charge in [-0.15, -0.1) is 0 Å². The second-order valence-electron chi connectivity index (χ2n) is 5.04. The second-order valence-corrected chi connectivity index (χ2v) is 5.04. The molecule has 1 fully saturated rings. The molecule has 16 heavy (non-hydrogen) atoms. The summed E-state index contributed by atoms with van der Waals surface area (Å²) < 4.78 is 0. The minimum absolute atomic E-state index is 0.0519. The van der Waals surface area contributed by atoms with Crippen molar-refractivity contribution in [3.8, 4) is 0 Å². The van der Waals surface area contributed by atoms with E-state index in [1.165, 1.54) is 12.8 Å². The van der Waals surface area contributed by atoms with Crippen LogP contribution in [0.25, 0.3) is 0 Å². The molecule has 94 valence electrons. The van der Waals surface area contributed by atoms with Gasteiger partial charge in [0.1, 0.15) is 0 Å². The van der Waals surface area contributed by atoms with E-state index in [4.69, 9.17) is 5.73 Å². The smallest absolute Gasteiger partial charge is 0.224 e. The average molecular weight is 226 g/mol. The first-order valence-electron chi connectivity index (χ1n) is 6.70. The highest BCUT2D eigenvalue weighted by Crippen LogP contribution is 2.30. The first-order chi connectivity index (χ1) is 7.67. The molecule has 1 atom stereocenters. The molecule has 0 aromatic carbocycles. The number of rotatable bonds is 8. The third-order valence-electron chi connectivity index (χ3n) is 3.12. The Labute approximate surface area is 99.4 Å². The van der Waals surface area contributed by atoms with Crippen molar-refractivity contribution < 1.29 is 4.79 Å². The summed E-state index contributed by atoms with van der Waals surface area (Å²) in [5.41, 5.74) is 5.92. The van der Waals surface area contributed by atoms with Crippen LogP contribution in [-0.2, 0) is 4.79 Å². The first-order valence-corrected chi connectivity index (χ1v) is 6.70. The van der Waals surface area contributed by atoms with Crippen LogP contribution in [-0.4, -0.2) is 29.9 Å². The van der Waals surface area contributed by atoms with E-state index in [0.29, 0.717) is 6.42 Å². The monoisotopic (exact) mass is 226 g/mol. The maximum Gasteiger partial charge on any atom is 0.224 e. The Morgan fingerprint density at radius 2 is 2.06 bits per heavy atom. The summed E-state index contributed by atoms with van der Waals surface area (Å²) in [6.45, 7) is 6.09. The normalized spacial score (nSPS) is 17.2. The molecule has 2 N–H and O–H groups in total. The second kappa shape index (κ2) is 6.89. The summed E-state index contributed by atoms with van der Waals surface area (Å²) in [4.78, 5) is 14.0. The maximum absolute atomic E-state index is 12.0. The van der Waals surface area contributed by atoms with Gasteiger partial charge in [-0.3, -0.25) is 4.79 Å². The van der Waals surface area contributed by atoms with Gasteiger partial charge in [0.2, 0.25) is 5.91 Å². The molecule has 1 saturated carbocycles. The van der Waals surface area contributed by atoms with Crippen molar-refractivity contribution in [2.24, 2.45) is 11.7 Å². The Morgan fingerprint density at radius 3 is 2.56 bits per heavy atom. The van der Waals surface area contributed by atoms with E-state index in [-0.39, 0.29) is 11.9 Å². The van der Waals surface area contributed by atoms with E-state index in [9.17, 15) is 4.79 Å². The maximum atomic E-state index is 12.0. The number of nitrogens with two attached hydrogens (primary N) is 1. The summed E-state index contributed by atoms with van der Waals surface area (Å²) >= 11 is 0. The van der Waals surface area contributed by atoms with Crippen molar-refractivity contribution in [3.63, 3.8) is 0 Å². The van der Waals surface area contributed by atoms with Crippen LogP contribution in [0.2, 0.25) is 0 Å². The van der Waals surface area contributed by atoms with Gasteiger partial charge < -0.3 is 10.6 Å². The summed E-state index contributed by atoms with van der Waals surface area (Å²) in [6.07, 6.45) is 6.19. The first kappa shape index (κ1) is 13.5. The lowest BCUT2D eigenvalue weighted by Crippen LogP contribution is -2.37. The fourth-order valence-corrected chi connectivity index (χ4v) is 2.03. The molecular weight excluding hydrogens is 200 g/mol. The summed E-state index contributed by atoms with van der Waals surface area (Å²) in [5.74, 6) is 1.03. The van der Waals surface area contributed by atoms with Gasteiger partial charge in [0.05, 0.1) is 0 Å². The minimum Gasteiger partial charge on any atom is -0.342 e. The highest BCUT2D eigenvalue weighted by molar-refractivity contribution is 5.76. The quantitative estimate of drug-likeness (QED) is 0.689. The molecule has 0 saturated heterocycles. The third kappa shape index (κ3) is 4.97. The number of nitrogens with zero attached hydrogens (tertiary/aromatic N) is 1. The lowest BCUT2D eigenvalue weighted by molar-refractivity contribution is -0.131. The predicted molar refractivity (Wildman–Crippen MR) is 67.1 cm³/mol. The van der Waals surface area contributed by atoms with Crippen molar-refractivity contribution in [2.75, 3.05) is 13.1 Å². The van der Waals surface area contributed by atoms with Crippen LogP contribution in [0.3, 0.4) is 0 Å². The molecule has 0 spiro atoms. The molecule has 0 aromatic heterocycles. The van der Waals surface area contributed by atoms with Crippen molar-refractivity contribution in [2.45, 2.75) is 58.4 Å². The van der Waals surface area contributed by atoms with Crippen LogP contribution in [0.4, 0.5) is 0 Å². The summed E-state index contributed by atoms with van der Waals surface area (Å²) in [7, 11) is 0. The molecule has 0 aromatic rings. The molecule has 3 nitrogen and oxygen atoms in total. The number of hydrogen-bond donors (Lipinski definition) is 1. The summed E-state index contributed by atoms with van der Waals surface area (Å²) in [5, 5.41) is 0. The lowest BCUT2D eigenvalue weighted by Gasteiger charge is -2.23. The van der Waals surface area contributed by atoms with Crippen molar-refractivity contribution in [1.29, 1.82) is 0 Å². The molecular formula is C13H26N2O. The summed E-state index contributed by atoms with van der Waals surface area (Å²) in [6, 6.07) is 0.0519. The lowest BCUT2D eigenvalue weighted by atomic mass is 10.1. The molecule has 0 radical (unpaired) electrons. The minimum atomic E-state index is 0.0519. The molecule has 1 amide bonds. The van der Waals surface area contributed by atoms with E-state index in [2.05, 4.69) is 13.8 Å². The Hall–Kier alpha value is -0.570. The molecule has 1 aliphatic rings. The average Bonchev–Trinajstić information content (AvgIpc) is 3.01. The van der Waals surface area contributed by atoms with Gasteiger partial charge in [0.15, 0.2) is 0 Å². The highest BCUT2D eigenvalue weighted by atomic mass is 16.2. The number of amides is 1. The van der Waals surface area contributed by atoms with E-state index in [0.717, 1.165) is 38.3 Å². The van der Waals surface area contributed by atoms with Gasteiger partial charge in [-0.05, 0) is 31.6 Å². The van der Waals surface area contributed by atoms with Crippen LogP contribution in [0.5, 0.6) is 0 Å². The Kier molecular flexibility index (Phi) is 5.81. The molecule has 3 heteroatoms. The standard InChI is InChI=1S/C13H26N2O/c1-3-5-12(14)9-13(16)15(8-4-2)10-11-6-7-11/h11-12H,3-10,14H2,1-2H3. The topological polar surface area (TPSA) is 46.3 Å². The van der Waals surface area contributed by atoms with Crippen LogP contribution in [0, 0.1) is 5.92 Å². The van der Waals surface area contributed by atoms with Gasteiger partial charge in [-0.25, -0.2) is 0 Å². The van der Waals surface area contributed by atoms with Crippen LogP contribution in [0.15, 0.2) is 0 Å². The van der Waals surface area contributed by atoms with Gasteiger partial charge in [-0.2, -0.15) is 0 Å². The molecule has 1 aliphatic carbocycles. The fourth-order valence-electron chi connectivity index (χ4n) is 2.03. The Balaban J connectivity index is 2.32. The Morgan fingerprint density at radius 1 is 1.38 bits per heavy atom. The molecule has 1 unspecified atom stereocenters. The van der Waals surface area contributed by atoms with E-state index < -0.39 is 0 Å². The molecule has 0 heterocycles. The van der Waals surface area contributed by atoms with Crippen molar-refractivity contribution in [1.82, 2.24) is 4.90 Å². The van der Waals surface area contributed by atoms with Gasteiger partial charge in [0, 0.05) is 25.6 Å². The van der Waals surface area contributed by atoms with E-state index >= 15 is 0 Å². The largest absolute Gasteiger partial charge is 0.342 e. The number of hydrogen-bond acceptors (Lipinski definition) is 2.